The number of nitrogens with zero attached hydrogens (tertiary/aromatic N) is 1. The molecule has 21 heavy (non-hydrogen) atoms. The molecular formula is C17H17NO2Se. The third-order valence-corrected chi connectivity index (χ3v) is 6.33. The van der Waals surface area contributed by atoms with Gasteiger partial charge in [-0.1, -0.05) is 0 Å². The van der Waals surface area contributed by atoms with Crippen molar-refractivity contribution in [1.82, 2.24) is 0 Å². The Morgan fingerprint density at radius 1 is 1.05 bits per heavy atom. The van der Waals surface area contributed by atoms with Crippen LogP contribution < -0.4 is 4.46 Å². The van der Waals surface area contributed by atoms with Gasteiger partial charge in [0.15, 0.2) is 0 Å². The Kier molecular flexibility index (Phi) is 4.58. The Bertz CT molecular complexity index is 668. The van der Waals surface area contributed by atoms with Crippen LogP contribution in [-0.2, 0) is 13.9 Å². The van der Waals surface area contributed by atoms with Gasteiger partial charge >= 0.3 is 128 Å². The molecule has 0 aromatic heterocycles. The summed E-state index contributed by atoms with van der Waals surface area (Å²) in [6.45, 7) is 1.47. The predicted molar refractivity (Wildman–Crippen MR) is 84.6 cm³/mol. The van der Waals surface area contributed by atoms with E-state index < -0.39 is 13.8 Å². The molecule has 0 saturated heterocycles. The van der Waals surface area contributed by atoms with Gasteiger partial charge in [-0.25, -0.2) is 0 Å². The summed E-state index contributed by atoms with van der Waals surface area (Å²) in [5.74, 6) is 0.648. The average molecular weight is 346 g/mol. The van der Waals surface area contributed by atoms with E-state index >= 15 is 0 Å². The Morgan fingerprint density at radius 3 is 2.57 bits per heavy atom. The first kappa shape index (κ1) is 14.2. The molecule has 0 radical (unpaired) electrons. The van der Waals surface area contributed by atoms with Gasteiger partial charge in [0, 0.05) is 0 Å². The number of hydrogen-bond acceptors (Lipinski definition) is 3. The molecule has 2 aromatic carbocycles. The average Bonchev–Trinajstić information content (AvgIpc) is 2.56. The summed E-state index contributed by atoms with van der Waals surface area (Å²) in [5, 5.41) is 0.602. The van der Waals surface area contributed by atoms with Gasteiger partial charge in [0.1, 0.15) is 0 Å². The fourth-order valence-corrected chi connectivity index (χ4v) is 4.96. The van der Waals surface area contributed by atoms with Crippen LogP contribution in [0.3, 0.4) is 0 Å². The van der Waals surface area contributed by atoms with E-state index in [0.717, 1.165) is 28.6 Å². The number of rotatable bonds is 4. The first-order valence-electron chi connectivity index (χ1n) is 7.03. The second-order valence-electron chi connectivity index (χ2n) is 4.86. The number of ether oxygens (including phenoxy) is 1. The third-order valence-electron chi connectivity index (χ3n) is 3.30. The Morgan fingerprint density at radius 2 is 1.81 bits per heavy atom. The topological polar surface area (TPSA) is 38.7 Å². The molecule has 1 aliphatic heterocycles. The van der Waals surface area contributed by atoms with Gasteiger partial charge in [-0.15, -0.1) is 0 Å². The van der Waals surface area contributed by atoms with Crippen molar-refractivity contribution in [2.45, 2.75) is 11.7 Å². The predicted octanol–water partition coefficient (Wildman–Crippen LogP) is 2.26. The molecule has 4 heteroatoms. The standard InChI is InChI=1S/C17H17NO2Se/c19-21(13-14-7-2-1-3-8-14)16-10-5-4-9-15(16)17-18-11-6-12-20-17/h1-5,7-10H,6,11-13H2. The van der Waals surface area contributed by atoms with Crippen molar-refractivity contribution >= 4 is 24.2 Å². The summed E-state index contributed by atoms with van der Waals surface area (Å²) in [7, 11) is 0. The van der Waals surface area contributed by atoms with Crippen molar-refractivity contribution in [2.75, 3.05) is 13.2 Å². The van der Waals surface area contributed by atoms with E-state index in [-0.39, 0.29) is 0 Å². The molecule has 0 spiro atoms. The molecule has 0 saturated carbocycles. The maximum atomic E-state index is 12.8. The molecule has 2 aromatic rings. The monoisotopic (exact) mass is 347 g/mol. The molecule has 1 atom stereocenters. The van der Waals surface area contributed by atoms with Crippen LogP contribution >= 0.6 is 0 Å². The zero-order valence-electron chi connectivity index (χ0n) is 11.7. The normalized spacial score (nSPS) is 15.9. The van der Waals surface area contributed by atoms with Crippen molar-refractivity contribution in [3.63, 3.8) is 0 Å². The summed E-state index contributed by atoms with van der Waals surface area (Å²) in [5.41, 5.74) is 2.01. The fraction of sp³-hybridized carbons (Fsp3) is 0.235. The van der Waals surface area contributed by atoms with Crippen molar-refractivity contribution in [1.29, 1.82) is 0 Å². The summed E-state index contributed by atoms with van der Waals surface area (Å²) >= 11 is -2.16. The number of benzene rings is 2. The van der Waals surface area contributed by atoms with Gasteiger partial charge in [-0.2, -0.15) is 0 Å². The van der Waals surface area contributed by atoms with Crippen LogP contribution in [0.15, 0.2) is 59.6 Å². The molecular weight excluding hydrogens is 329 g/mol. The molecule has 1 aliphatic rings. The van der Waals surface area contributed by atoms with Crippen LogP contribution in [0.2, 0.25) is 0 Å². The van der Waals surface area contributed by atoms with Gasteiger partial charge in [0.05, 0.1) is 0 Å². The van der Waals surface area contributed by atoms with Crippen LogP contribution in [0.1, 0.15) is 17.5 Å². The number of hydrogen-bond donors (Lipinski definition) is 0. The van der Waals surface area contributed by atoms with Crippen molar-refractivity contribution in [2.24, 2.45) is 4.99 Å². The zero-order valence-corrected chi connectivity index (χ0v) is 13.4. The molecule has 0 bridgehead atoms. The van der Waals surface area contributed by atoms with E-state index in [9.17, 15) is 3.83 Å². The molecule has 0 aliphatic carbocycles. The minimum atomic E-state index is -2.16. The molecule has 3 rings (SSSR count). The summed E-state index contributed by atoms with van der Waals surface area (Å²) in [6.07, 6.45) is 0.951. The first-order chi connectivity index (χ1) is 10.3. The van der Waals surface area contributed by atoms with Crippen LogP contribution in [-0.4, -0.2) is 32.9 Å². The second kappa shape index (κ2) is 6.79. The van der Waals surface area contributed by atoms with Crippen molar-refractivity contribution in [3.05, 3.63) is 65.7 Å². The van der Waals surface area contributed by atoms with Crippen molar-refractivity contribution in [3.8, 4) is 0 Å². The number of aliphatic imine (C=N–C) groups is 1. The third kappa shape index (κ3) is 3.46. The molecule has 108 valence electrons. The maximum absolute atomic E-state index is 12.8. The van der Waals surface area contributed by atoms with E-state index in [1.807, 2.05) is 54.6 Å². The SMILES string of the molecule is O=[Se](Cc1ccccc1)c1ccccc1C1=NCCCO1. The zero-order chi connectivity index (χ0) is 14.5. The van der Waals surface area contributed by atoms with Gasteiger partial charge in [0.2, 0.25) is 0 Å². The van der Waals surface area contributed by atoms with Crippen LogP contribution in [0.25, 0.3) is 0 Å². The molecule has 1 heterocycles. The summed E-state index contributed by atoms with van der Waals surface area (Å²) in [4.78, 5) is 4.43. The molecule has 0 N–H and O–H groups in total. The van der Waals surface area contributed by atoms with Gasteiger partial charge in [-0.3, -0.25) is 0 Å². The van der Waals surface area contributed by atoms with Gasteiger partial charge in [0.25, 0.3) is 0 Å². The fourth-order valence-electron chi connectivity index (χ4n) is 2.27. The Labute approximate surface area is 128 Å². The summed E-state index contributed by atoms with van der Waals surface area (Å²) < 4.78 is 19.3. The van der Waals surface area contributed by atoms with E-state index in [4.69, 9.17) is 4.74 Å². The Hall–Kier alpha value is -1.77. The van der Waals surface area contributed by atoms with Gasteiger partial charge < -0.3 is 0 Å². The minimum absolute atomic E-state index is 0.602. The Balaban J connectivity index is 1.88. The molecule has 0 fully saturated rings. The van der Waals surface area contributed by atoms with Crippen molar-refractivity contribution < 1.29 is 8.57 Å². The summed E-state index contributed by atoms with van der Waals surface area (Å²) in [6, 6.07) is 17.7. The van der Waals surface area contributed by atoms with E-state index in [1.165, 1.54) is 0 Å². The van der Waals surface area contributed by atoms with Crippen LogP contribution in [0.5, 0.6) is 0 Å². The van der Waals surface area contributed by atoms with E-state index in [1.54, 1.807) is 0 Å². The first-order valence-corrected chi connectivity index (χ1v) is 9.80. The van der Waals surface area contributed by atoms with Crippen LogP contribution in [0.4, 0.5) is 0 Å². The molecule has 3 nitrogen and oxygen atoms in total. The second-order valence-corrected chi connectivity index (χ2v) is 7.84. The quantitative estimate of drug-likeness (QED) is 0.797. The van der Waals surface area contributed by atoms with E-state index in [0.29, 0.717) is 17.8 Å². The molecule has 0 amide bonds. The molecule has 1 unspecified atom stereocenters. The van der Waals surface area contributed by atoms with Gasteiger partial charge in [-0.05, 0) is 0 Å². The van der Waals surface area contributed by atoms with Crippen LogP contribution in [0, 0.1) is 0 Å². The van der Waals surface area contributed by atoms with E-state index in [2.05, 4.69) is 4.99 Å².